The van der Waals surface area contributed by atoms with Crippen LogP contribution in [0.5, 0.6) is 5.75 Å². The minimum absolute atomic E-state index is 0.327. The second-order valence-electron chi connectivity index (χ2n) is 9.17. The first kappa shape index (κ1) is 21.1. The lowest BCUT2D eigenvalue weighted by Gasteiger charge is -2.42. The van der Waals surface area contributed by atoms with Gasteiger partial charge >= 0.3 is 0 Å². The third kappa shape index (κ3) is 4.45. The molecule has 0 saturated heterocycles. The third-order valence-electron chi connectivity index (χ3n) is 7.42. The molecule has 0 aromatic heterocycles. The predicted octanol–water partition coefficient (Wildman–Crippen LogP) is 7.91. The molecular weight excluding hydrogens is 378 g/mol. The lowest BCUT2D eigenvalue weighted by Crippen LogP contribution is -2.30. The summed E-state index contributed by atoms with van der Waals surface area (Å²) in [6, 6.07) is 11.0. The molecule has 2 aliphatic carbocycles. The SMILES string of the molecule is C=CCCC1CCC2CC(c3ccc(-c4cc(F)c(OC)c(F)c4)cc3)CCC2C1. The quantitative estimate of drug-likeness (QED) is 0.440. The van der Waals surface area contributed by atoms with Crippen LogP contribution in [0.25, 0.3) is 11.1 Å². The monoisotopic (exact) mass is 410 g/mol. The Morgan fingerprint density at radius 3 is 2.27 bits per heavy atom. The van der Waals surface area contributed by atoms with Gasteiger partial charge in [0, 0.05) is 0 Å². The number of hydrogen-bond acceptors (Lipinski definition) is 1. The fraction of sp³-hybridized carbons (Fsp3) is 0.481. The van der Waals surface area contributed by atoms with Crippen molar-refractivity contribution >= 4 is 0 Å². The van der Waals surface area contributed by atoms with Gasteiger partial charge in [-0.15, -0.1) is 6.58 Å². The van der Waals surface area contributed by atoms with Crippen LogP contribution in [0, 0.1) is 29.4 Å². The first-order valence-electron chi connectivity index (χ1n) is 11.3. The summed E-state index contributed by atoms with van der Waals surface area (Å²) in [6.45, 7) is 3.87. The maximum absolute atomic E-state index is 14.1. The van der Waals surface area contributed by atoms with Crippen molar-refractivity contribution < 1.29 is 13.5 Å². The average molecular weight is 411 g/mol. The molecule has 3 heteroatoms. The topological polar surface area (TPSA) is 9.23 Å². The molecule has 4 rings (SSSR count). The highest BCUT2D eigenvalue weighted by atomic mass is 19.1. The number of allylic oxidation sites excluding steroid dienone is 1. The van der Waals surface area contributed by atoms with Crippen molar-refractivity contribution in [3.8, 4) is 16.9 Å². The lowest BCUT2D eigenvalue weighted by atomic mass is 9.63. The van der Waals surface area contributed by atoms with Crippen LogP contribution in [0.3, 0.4) is 0 Å². The normalized spacial score (nSPS) is 26.1. The van der Waals surface area contributed by atoms with E-state index in [2.05, 4.69) is 24.8 Å². The zero-order valence-corrected chi connectivity index (χ0v) is 17.9. The molecule has 0 radical (unpaired) electrons. The zero-order chi connectivity index (χ0) is 21.1. The molecule has 0 bridgehead atoms. The number of ether oxygens (including phenoxy) is 1. The lowest BCUT2D eigenvalue weighted by molar-refractivity contribution is 0.115. The molecule has 160 valence electrons. The number of methoxy groups -OCH3 is 1. The molecule has 2 fully saturated rings. The highest BCUT2D eigenvalue weighted by Gasteiger charge is 2.35. The van der Waals surface area contributed by atoms with Crippen LogP contribution in [-0.2, 0) is 0 Å². The van der Waals surface area contributed by atoms with Crippen LogP contribution in [0.15, 0.2) is 49.1 Å². The molecule has 0 heterocycles. The first-order valence-corrected chi connectivity index (χ1v) is 11.3. The fourth-order valence-electron chi connectivity index (χ4n) is 5.77. The average Bonchev–Trinajstić information content (AvgIpc) is 2.77. The van der Waals surface area contributed by atoms with Gasteiger partial charge in [0.25, 0.3) is 0 Å². The van der Waals surface area contributed by atoms with Gasteiger partial charge in [-0.3, -0.25) is 0 Å². The Bertz CT molecular complexity index is 850. The van der Waals surface area contributed by atoms with E-state index in [9.17, 15) is 8.78 Å². The summed E-state index contributed by atoms with van der Waals surface area (Å²) >= 11 is 0. The van der Waals surface area contributed by atoms with Crippen molar-refractivity contribution in [3.05, 3.63) is 66.3 Å². The van der Waals surface area contributed by atoms with Crippen LogP contribution >= 0.6 is 0 Å². The Morgan fingerprint density at radius 1 is 0.933 bits per heavy atom. The highest BCUT2D eigenvalue weighted by molar-refractivity contribution is 5.65. The summed E-state index contributed by atoms with van der Waals surface area (Å²) in [4.78, 5) is 0. The molecule has 1 nitrogen and oxygen atoms in total. The minimum Gasteiger partial charge on any atom is -0.491 e. The summed E-state index contributed by atoms with van der Waals surface area (Å²) in [5.74, 6) is 1.59. The maximum atomic E-state index is 14.1. The van der Waals surface area contributed by atoms with Gasteiger partial charge in [0.2, 0.25) is 0 Å². The van der Waals surface area contributed by atoms with Gasteiger partial charge in [-0.25, -0.2) is 8.78 Å². The molecule has 0 N–H and O–H groups in total. The number of halogens is 2. The van der Waals surface area contributed by atoms with Crippen LogP contribution in [-0.4, -0.2) is 7.11 Å². The van der Waals surface area contributed by atoms with E-state index in [1.165, 1.54) is 69.8 Å². The minimum atomic E-state index is -0.668. The smallest absolute Gasteiger partial charge is 0.190 e. The molecule has 0 amide bonds. The van der Waals surface area contributed by atoms with Crippen molar-refractivity contribution in [1.82, 2.24) is 0 Å². The molecule has 30 heavy (non-hydrogen) atoms. The Labute approximate surface area is 179 Å². The van der Waals surface area contributed by atoms with Gasteiger partial charge in [0.15, 0.2) is 17.4 Å². The van der Waals surface area contributed by atoms with Gasteiger partial charge in [-0.05, 0) is 97.4 Å². The molecule has 2 saturated carbocycles. The number of benzene rings is 2. The van der Waals surface area contributed by atoms with Gasteiger partial charge in [0.1, 0.15) is 0 Å². The van der Waals surface area contributed by atoms with E-state index in [4.69, 9.17) is 4.74 Å². The van der Waals surface area contributed by atoms with Crippen molar-refractivity contribution in [2.75, 3.05) is 7.11 Å². The molecule has 0 aliphatic heterocycles. The standard InChI is InChI=1S/C27H32F2O/c1-3-4-5-18-6-7-23-15-22(13-12-21(23)14-18)19-8-10-20(11-9-19)24-16-25(28)27(30-2)26(29)17-24/h3,8-11,16-18,21-23H,1,4-7,12-15H2,2H3. The van der Waals surface area contributed by atoms with E-state index in [-0.39, 0.29) is 5.75 Å². The molecular formula is C27H32F2O. The Hall–Kier alpha value is -2.16. The Balaban J connectivity index is 1.41. The molecule has 2 aromatic rings. The summed E-state index contributed by atoms with van der Waals surface area (Å²) in [5, 5.41) is 0. The molecule has 2 aliphatic rings. The Morgan fingerprint density at radius 2 is 1.60 bits per heavy atom. The largest absolute Gasteiger partial charge is 0.491 e. The van der Waals surface area contributed by atoms with E-state index < -0.39 is 11.6 Å². The van der Waals surface area contributed by atoms with Crippen molar-refractivity contribution in [1.29, 1.82) is 0 Å². The number of hydrogen-bond donors (Lipinski definition) is 0. The Kier molecular flexibility index (Phi) is 6.55. The van der Waals surface area contributed by atoms with Gasteiger partial charge in [-0.1, -0.05) is 36.8 Å². The summed E-state index contributed by atoms with van der Waals surface area (Å²) in [7, 11) is 1.28. The van der Waals surface area contributed by atoms with Crippen molar-refractivity contribution in [3.63, 3.8) is 0 Å². The zero-order valence-electron chi connectivity index (χ0n) is 17.9. The van der Waals surface area contributed by atoms with Gasteiger partial charge in [0.05, 0.1) is 7.11 Å². The van der Waals surface area contributed by atoms with Crippen LogP contribution in [0.4, 0.5) is 8.78 Å². The van der Waals surface area contributed by atoms with Crippen LogP contribution in [0.1, 0.15) is 62.8 Å². The van der Waals surface area contributed by atoms with Gasteiger partial charge in [-0.2, -0.15) is 0 Å². The van der Waals surface area contributed by atoms with E-state index in [0.717, 1.165) is 29.7 Å². The van der Waals surface area contributed by atoms with E-state index in [1.807, 2.05) is 12.1 Å². The van der Waals surface area contributed by atoms with Gasteiger partial charge < -0.3 is 4.74 Å². The van der Waals surface area contributed by atoms with Crippen LogP contribution in [0.2, 0.25) is 0 Å². The molecule has 4 atom stereocenters. The van der Waals surface area contributed by atoms with E-state index in [0.29, 0.717) is 11.5 Å². The number of fused-ring (bicyclic) bond motifs is 1. The summed E-state index contributed by atoms with van der Waals surface area (Å²) in [5.41, 5.74) is 2.73. The van der Waals surface area contributed by atoms with E-state index >= 15 is 0 Å². The summed E-state index contributed by atoms with van der Waals surface area (Å²) < 4.78 is 32.9. The first-order chi connectivity index (χ1) is 14.6. The predicted molar refractivity (Wildman–Crippen MR) is 119 cm³/mol. The third-order valence-corrected chi connectivity index (χ3v) is 7.42. The second-order valence-corrected chi connectivity index (χ2v) is 9.17. The highest BCUT2D eigenvalue weighted by Crippen LogP contribution is 2.48. The molecule has 0 spiro atoms. The second kappa shape index (κ2) is 9.32. The van der Waals surface area contributed by atoms with Crippen LogP contribution < -0.4 is 4.74 Å². The number of rotatable bonds is 6. The van der Waals surface area contributed by atoms with Crippen molar-refractivity contribution in [2.24, 2.45) is 17.8 Å². The molecule has 4 unspecified atom stereocenters. The van der Waals surface area contributed by atoms with E-state index in [1.54, 1.807) is 0 Å². The molecule has 2 aromatic carbocycles. The fourth-order valence-corrected chi connectivity index (χ4v) is 5.77. The maximum Gasteiger partial charge on any atom is 0.190 e. The summed E-state index contributed by atoms with van der Waals surface area (Å²) in [6.07, 6.45) is 12.5. The van der Waals surface area contributed by atoms with Crippen molar-refractivity contribution in [2.45, 2.75) is 57.3 Å².